The number of nitro groups is 1. The monoisotopic (exact) mass is 345 g/mol. The lowest BCUT2D eigenvalue weighted by Gasteiger charge is -2.06. The van der Waals surface area contributed by atoms with Crippen molar-refractivity contribution in [2.75, 3.05) is 0 Å². The fourth-order valence-corrected chi connectivity index (χ4v) is 3.49. The molecule has 7 nitrogen and oxygen atoms in total. The first-order chi connectivity index (χ1) is 11.4. The lowest BCUT2D eigenvalue weighted by molar-refractivity contribution is -0.385. The van der Waals surface area contributed by atoms with E-state index in [0.29, 0.717) is 17.7 Å². The third-order valence-electron chi connectivity index (χ3n) is 3.95. The lowest BCUT2D eigenvalue weighted by Crippen LogP contribution is -2.20. The van der Waals surface area contributed by atoms with Gasteiger partial charge in [0.15, 0.2) is 0 Å². The van der Waals surface area contributed by atoms with E-state index in [1.165, 1.54) is 12.1 Å². The van der Waals surface area contributed by atoms with Crippen molar-refractivity contribution in [1.82, 2.24) is 4.83 Å². The molecule has 0 bridgehead atoms. The van der Waals surface area contributed by atoms with Crippen LogP contribution < -0.4 is 4.83 Å². The quantitative estimate of drug-likeness (QED) is 0.679. The summed E-state index contributed by atoms with van der Waals surface area (Å²) < 4.78 is 24.7. The summed E-state index contributed by atoms with van der Waals surface area (Å²) in [5.41, 5.74) is 2.87. The third-order valence-corrected chi connectivity index (χ3v) is 5.15. The van der Waals surface area contributed by atoms with Gasteiger partial charge in [-0.05, 0) is 31.4 Å². The van der Waals surface area contributed by atoms with Gasteiger partial charge >= 0.3 is 0 Å². The summed E-state index contributed by atoms with van der Waals surface area (Å²) in [5.74, 6) is 0. The van der Waals surface area contributed by atoms with Crippen LogP contribution in [0.5, 0.6) is 0 Å². The molecular formula is C16H15N3O4S. The smallest absolute Gasteiger partial charge is 0.258 e. The van der Waals surface area contributed by atoms with Crippen LogP contribution in [0.15, 0.2) is 52.5 Å². The molecule has 0 spiro atoms. The largest absolute Gasteiger partial charge is 0.276 e. The Hall–Kier alpha value is -2.74. The van der Waals surface area contributed by atoms with Crippen LogP contribution in [-0.2, 0) is 16.4 Å². The van der Waals surface area contributed by atoms with E-state index in [4.69, 9.17) is 0 Å². The zero-order valence-electron chi connectivity index (χ0n) is 12.9. The average molecular weight is 345 g/mol. The molecular weight excluding hydrogens is 330 g/mol. The first-order valence-electron chi connectivity index (χ1n) is 7.30. The second kappa shape index (κ2) is 6.04. The van der Waals surface area contributed by atoms with Crippen LogP contribution in [0.4, 0.5) is 5.69 Å². The molecule has 0 fully saturated rings. The van der Waals surface area contributed by atoms with Crippen LogP contribution in [0.2, 0.25) is 0 Å². The number of hydrazone groups is 1. The standard InChI is InChI=1S/C16H15N3O4S/c1-11-6-8-13(10-16(11)19(20)21)24(22,23)18-17-15-9-7-12-4-2-3-5-14(12)15/h2-6,8,10,18H,7,9H2,1H3/b17-15+. The van der Waals surface area contributed by atoms with Crippen molar-refractivity contribution in [1.29, 1.82) is 0 Å². The minimum Gasteiger partial charge on any atom is -0.258 e. The Balaban J connectivity index is 1.89. The molecule has 3 rings (SSSR count). The summed E-state index contributed by atoms with van der Waals surface area (Å²) in [6, 6.07) is 11.5. The predicted molar refractivity (Wildman–Crippen MR) is 89.5 cm³/mol. The number of nitrogens with zero attached hydrogens (tertiary/aromatic N) is 2. The number of aryl methyl sites for hydroxylation is 2. The molecule has 0 saturated heterocycles. The molecule has 2 aromatic carbocycles. The normalized spacial score (nSPS) is 15.3. The van der Waals surface area contributed by atoms with Crippen molar-refractivity contribution in [3.05, 3.63) is 69.3 Å². The second-order valence-electron chi connectivity index (χ2n) is 5.52. The van der Waals surface area contributed by atoms with Crippen molar-refractivity contribution in [3.63, 3.8) is 0 Å². The Kier molecular flexibility index (Phi) is 4.06. The fourth-order valence-electron chi connectivity index (χ4n) is 2.64. The molecule has 2 aromatic rings. The van der Waals surface area contributed by atoms with Crippen LogP contribution in [0, 0.1) is 17.0 Å². The van der Waals surface area contributed by atoms with Gasteiger partial charge in [-0.25, -0.2) is 0 Å². The van der Waals surface area contributed by atoms with Crippen LogP contribution in [-0.4, -0.2) is 19.1 Å². The van der Waals surface area contributed by atoms with Crippen molar-refractivity contribution >= 4 is 21.4 Å². The minimum absolute atomic E-state index is 0.185. The SMILES string of the molecule is Cc1ccc(S(=O)(=O)N/N=C2\CCc3ccccc32)cc1[N+](=O)[O-]. The zero-order chi connectivity index (χ0) is 17.3. The van der Waals surface area contributed by atoms with Gasteiger partial charge in [0.2, 0.25) is 0 Å². The van der Waals surface area contributed by atoms with E-state index in [0.717, 1.165) is 23.6 Å². The van der Waals surface area contributed by atoms with Gasteiger partial charge in [0.25, 0.3) is 15.7 Å². The fraction of sp³-hybridized carbons (Fsp3) is 0.188. The van der Waals surface area contributed by atoms with Gasteiger partial charge in [0, 0.05) is 17.2 Å². The Morgan fingerprint density at radius 3 is 2.67 bits per heavy atom. The Morgan fingerprint density at radius 2 is 1.92 bits per heavy atom. The first-order valence-corrected chi connectivity index (χ1v) is 8.78. The average Bonchev–Trinajstić information content (AvgIpc) is 2.96. The van der Waals surface area contributed by atoms with Crippen LogP contribution in [0.25, 0.3) is 0 Å². The van der Waals surface area contributed by atoms with Gasteiger partial charge in [0.05, 0.1) is 15.5 Å². The summed E-state index contributed by atoms with van der Waals surface area (Å²) in [7, 11) is -3.97. The van der Waals surface area contributed by atoms with Gasteiger partial charge < -0.3 is 0 Å². The number of rotatable bonds is 4. The number of fused-ring (bicyclic) bond motifs is 1. The van der Waals surface area contributed by atoms with Crippen molar-refractivity contribution in [3.8, 4) is 0 Å². The zero-order valence-corrected chi connectivity index (χ0v) is 13.7. The van der Waals surface area contributed by atoms with Crippen LogP contribution in [0.3, 0.4) is 0 Å². The van der Waals surface area contributed by atoms with E-state index < -0.39 is 14.9 Å². The minimum atomic E-state index is -3.97. The summed E-state index contributed by atoms with van der Waals surface area (Å²) in [5, 5.41) is 15.0. The molecule has 0 saturated carbocycles. The molecule has 0 unspecified atom stereocenters. The predicted octanol–water partition coefficient (Wildman–Crippen LogP) is 2.53. The van der Waals surface area contributed by atoms with E-state index in [1.54, 1.807) is 6.92 Å². The van der Waals surface area contributed by atoms with E-state index in [2.05, 4.69) is 9.93 Å². The summed E-state index contributed by atoms with van der Waals surface area (Å²) in [6.45, 7) is 1.55. The number of sulfonamides is 1. The molecule has 0 radical (unpaired) electrons. The molecule has 0 amide bonds. The maximum Gasteiger partial charge on any atom is 0.276 e. The van der Waals surface area contributed by atoms with E-state index in [9.17, 15) is 18.5 Å². The van der Waals surface area contributed by atoms with Crippen molar-refractivity contribution in [2.24, 2.45) is 5.10 Å². The topological polar surface area (TPSA) is 102 Å². The molecule has 1 aliphatic rings. The molecule has 0 aliphatic heterocycles. The second-order valence-corrected chi connectivity index (χ2v) is 7.18. The number of hydrogen-bond acceptors (Lipinski definition) is 5. The highest BCUT2D eigenvalue weighted by molar-refractivity contribution is 7.89. The maximum absolute atomic E-state index is 12.3. The molecule has 1 N–H and O–H groups in total. The van der Waals surface area contributed by atoms with Crippen molar-refractivity contribution < 1.29 is 13.3 Å². The molecule has 8 heteroatoms. The van der Waals surface area contributed by atoms with E-state index in [-0.39, 0.29) is 10.6 Å². The van der Waals surface area contributed by atoms with E-state index >= 15 is 0 Å². The van der Waals surface area contributed by atoms with Crippen molar-refractivity contribution in [2.45, 2.75) is 24.7 Å². The third kappa shape index (κ3) is 3.00. The van der Waals surface area contributed by atoms with Gasteiger partial charge in [-0.1, -0.05) is 30.3 Å². The Labute approximate surface area is 139 Å². The highest BCUT2D eigenvalue weighted by Crippen LogP contribution is 2.24. The molecule has 1 aliphatic carbocycles. The van der Waals surface area contributed by atoms with Gasteiger partial charge in [-0.2, -0.15) is 18.4 Å². The van der Waals surface area contributed by atoms with Crippen LogP contribution >= 0.6 is 0 Å². The van der Waals surface area contributed by atoms with Gasteiger partial charge in [0.1, 0.15) is 0 Å². The Morgan fingerprint density at radius 1 is 1.17 bits per heavy atom. The lowest BCUT2D eigenvalue weighted by atomic mass is 10.1. The Bertz CT molecular complexity index is 952. The highest BCUT2D eigenvalue weighted by Gasteiger charge is 2.21. The molecule has 0 heterocycles. The number of nitro benzene ring substituents is 1. The summed E-state index contributed by atoms with van der Waals surface area (Å²) in [4.78, 5) is 12.4. The molecule has 24 heavy (non-hydrogen) atoms. The summed E-state index contributed by atoms with van der Waals surface area (Å²) in [6.07, 6.45) is 1.46. The number of benzene rings is 2. The highest BCUT2D eigenvalue weighted by atomic mass is 32.2. The molecule has 0 atom stereocenters. The first kappa shape index (κ1) is 16.1. The van der Waals surface area contributed by atoms with Gasteiger partial charge in [-0.3, -0.25) is 10.1 Å². The van der Waals surface area contributed by atoms with Gasteiger partial charge in [-0.15, -0.1) is 0 Å². The van der Waals surface area contributed by atoms with E-state index in [1.807, 2.05) is 24.3 Å². The number of hydrogen-bond donors (Lipinski definition) is 1. The van der Waals surface area contributed by atoms with Crippen LogP contribution in [0.1, 0.15) is 23.1 Å². The molecule has 0 aromatic heterocycles. The molecule has 124 valence electrons. The summed E-state index contributed by atoms with van der Waals surface area (Å²) >= 11 is 0. The number of nitrogens with one attached hydrogen (secondary N) is 1. The maximum atomic E-state index is 12.3.